The topological polar surface area (TPSA) is 46.0 Å². The van der Waals surface area contributed by atoms with Gasteiger partial charge in [0, 0.05) is 5.56 Å². The van der Waals surface area contributed by atoms with Crippen LogP contribution in [0, 0.1) is 6.92 Å². The Morgan fingerprint density at radius 1 is 1.20 bits per heavy atom. The highest BCUT2D eigenvalue weighted by Crippen LogP contribution is 2.28. The van der Waals surface area contributed by atoms with Crippen molar-refractivity contribution in [2.24, 2.45) is 0 Å². The Balaban J connectivity index is 0.000000612. The predicted molar refractivity (Wildman–Crippen MR) is 84.8 cm³/mol. The fourth-order valence-electron chi connectivity index (χ4n) is 1.56. The minimum absolute atomic E-state index is 0.134. The van der Waals surface area contributed by atoms with Crippen LogP contribution in [0.25, 0.3) is 17.5 Å². The number of hydrogen-bond donors (Lipinski definition) is 1. The van der Waals surface area contributed by atoms with Gasteiger partial charge in [-0.15, -0.1) is 6.58 Å². The summed E-state index contributed by atoms with van der Waals surface area (Å²) in [5, 5.41) is 10.1. The number of benzene rings is 1. The summed E-state index contributed by atoms with van der Waals surface area (Å²) in [5.74, 6) is 0.547. The third-order valence-corrected chi connectivity index (χ3v) is 2.73. The lowest BCUT2D eigenvalue weighted by atomic mass is 10.1. The Morgan fingerprint density at radius 3 is 2.30 bits per heavy atom. The minimum atomic E-state index is 0.134. The first-order chi connectivity index (χ1) is 9.54. The van der Waals surface area contributed by atoms with E-state index in [1.165, 1.54) is 0 Å². The number of aromatic hydroxyl groups is 1. The number of para-hydroxylation sites is 1. The van der Waals surface area contributed by atoms with Crippen molar-refractivity contribution in [1.29, 1.82) is 0 Å². The molecule has 1 aromatic carbocycles. The highest BCUT2D eigenvalue weighted by atomic mass is 35.5. The second kappa shape index (κ2) is 7.46. The van der Waals surface area contributed by atoms with Gasteiger partial charge in [0.2, 0.25) is 0 Å². The second-order valence-electron chi connectivity index (χ2n) is 3.97. The number of phenolic OH excluding ortho intramolecular Hbond substituents is 1. The molecule has 1 heterocycles. The van der Waals surface area contributed by atoms with Gasteiger partial charge in [-0.2, -0.15) is 0 Å². The van der Waals surface area contributed by atoms with E-state index in [4.69, 9.17) is 11.6 Å². The Morgan fingerprint density at radius 2 is 1.80 bits per heavy atom. The summed E-state index contributed by atoms with van der Waals surface area (Å²) in [6.45, 7) is 10.7. The number of allylic oxidation sites excluding steroid dienone is 1. The van der Waals surface area contributed by atoms with E-state index in [9.17, 15) is 5.11 Å². The van der Waals surface area contributed by atoms with E-state index in [0.717, 1.165) is 5.69 Å². The molecule has 0 saturated carbocycles. The van der Waals surface area contributed by atoms with Crippen molar-refractivity contribution in [3.8, 4) is 17.1 Å². The predicted octanol–water partition coefficient (Wildman–Crippen LogP) is 4.65. The number of halogens is 1. The van der Waals surface area contributed by atoms with E-state index in [2.05, 4.69) is 23.1 Å². The van der Waals surface area contributed by atoms with E-state index in [0.29, 0.717) is 22.1 Å². The largest absolute Gasteiger partial charge is 0.507 e. The van der Waals surface area contributed by atoms with Crippen LogP contribution in [-0.2, 0) is 0 Å². The molecular formula is C16H17ClN2O. The van der Waals surface area contributed by atoms with Gasteiger partial charge < -0.3 is 5.11 Å². The van der Waals surface area contributed by atoms with Crippen LogP contribution in [0.1, 0.15) is 18.2 Å². The maximum Gasteiger partial charge on any atom is 0.164 e. The van der Waals surface area contributed by atoms with Crippen molar-refractivity contribution in [3.05, 3.63) is 59.9 Å². The van der Waals surface area contributed by atoms with E-state index in [-0.39, 0.29) is 5.75 Å². The average Bonchev–Trinajstić information content (AvgIpc) is 2.39. The molecule has 0 spiro atoms. The first-order valence-electron chi connectivity index (χ1n) is 6.07. The van der Waals surface area contributed by atoms with Crippen molar-refractivity contribution in [2.75, 3.05) is 0 Å². The van der Waals surface area contributed by atoms with Crippen molar-refractivity contribution in [1.82, 2.24) is 9.97 Å². The van der Waals surface area contributed by atoms with Crippen LogP contribution in [0.2, 0.25) is 5.15 Å². The maximum atomic E-state index is 9.73. The van der Waals surface area contributed by atoms with E-state index in [1.54, 1.807) is 30.4 Å². The molecule has 1 aromatic heterocycles. The molecule has 20 heavy (non-hydrogen) atoms. The summed E-state index contributed by atoms with van der Waals surface area (Å²) in [6.07, 6.45) is 3.37. The Kier molecular flexibility index (Phi) is 5.94. The van der Waals surface area contributed by atoms with Crippen LogP contribution in [0.5, 0.6) is 5.75 Å². The number of hydrogen-bond acceptors (Lipinski definition) is 3. The normalized spacial score (nSPS) is 9.35. The van der Waals surface area contributed by atoms with Gasteiger partial charge in [-0.1, -0.05) is 42.5 Å². The van der Waals surface area contributed by atoms with Gasteiger partial charge in [-0.25, -0.2) is 9.97 Å². The van der Waals surface area contributed by atoms with Gasteiger partial charge in [0.05, 0.1) is 11.3 Å². The molecule has 0 saturated heterocycles. The Hall–Kier alpha value is -2.13. The van der Waals surface area contributed by atoms with Crippen LogP contribution in [0.3, 0.4) is 0 Å². The molecule has 0 aliphatic rings. The second-order valence-corrected chi connectivity index (χ2v) is 4.32. The van der Waals surface area contributed by atoms with E-state index < -0.39 is 0 Å². The van der Waals surface area contributed by atoms with Crippen LogP contribution in [-0.4, -0.2) is 15.1 Å². The van der Waals surface area contributed by atoms with Crippen molar-refractivity contribution in [3.63, 3.8) is 0 Å². The minimum Gasteiger partial charge on any atom is -0.507 e. The van der Waals surface area contributed by atoms with Gasteiger partial charge in [0.25, 0.3) is 0 Å². The Labute approximate surface area is 124 Å². The molecule has 0 bridgehead atoms. The summed E-state index contributed by atoms with van der Waals surface area (Å²) in [4.78, 5) is 8.47. The fraction of sp³-hybridized carbons (Fsp3) is 0.125. The summed E-state index contributed by atoms with van der Waals surface area (Å²) < 4.78 is 0. The molecule has 0 aliphatic heterocycles. The lowest BCUT2D eigenvalue weighted by Crippen LogP contribution is -1.96. The fourth-order valence-corrected chi connectivity index (χ4v) is 1.86. The zero-order valence-electron chi connectivity index (χ0n) is 11.6. The molecule has 0 unspecified atom stereocenters. The highest BCUT2D eigenvalue weighted by Gasteiger charge is 2.11. The summed E-state index contributed by atoms with van der Waals surface area (Å²) in [6, 6.07) is 6.88. The van der Waals surface area contributed by atoms with E-state index in [1.807, 2.05) is 19.9 Å². The molecule has 0 fully saturated rings. The summed E-state index contributed by atoms with van der Waals surface area (Å²) >= 11 is 6.03. The lowest BCUT2D eigenvalue weighted by Gasteiger charge is -2.07. The van der Waals surface area contributed by atoms with Crippen LogP contribution < -0.4 is 0 Å². The first-order valence-corrected chi connectivity index (χ1v) is 6.44. The standard InChI is InChI=1S/C13H11ClN2O.C3H6/c1-3-9-8(2)15-13(16-12(9)14)10-6-4-5-7-11(10)17;1-3-2/h3-7,17H,1H2,2H3;3H,1H2,2H3. The van der Waals surface area contributed by atoms with Crippen LogP contribution in [0.15, 0.2) is 43.5 Å². The van der Waals surface area contributed by atoms with Crippen LogP contribution in [0.4, 0.5) is 0 Å². The molecule has 2 aromatic rings. The number of rotatable bonds is 2. The van der Waals surface area contributed by atoms with Gasteiger partial charge in [-0.3, -0.25) is 0 Å². The maximum absolute atomic E-state index is 9.73. The SMILES string of the molecule is C=CC.C=Cc1c(C)nc(-c2ccccc2O)nc1Cl. The molecule has 0 amide bonds. The molecule has 4 heteroatoms. The van der Waals surface area contributed by atoms with Crippen molar-refractivity contribution in [2.45, 2.75) is 13.8 Å². The summed E-state index contributed by atoms with van der Waals surface area (Å²) in [5.41, 5.74) is 2.01. The number of aryl methyl sites for hydroxylation is 1. The molecule has 3 nitrogen and oxygen atoms in total. The van der Waals surface area contributed by atoms with Gasteiger partial charge >= 0.3 is 0 Å². The van der Waals surface area contributed by atoms with Crippen molar-refractivity contribution < 1.29 is 5.11 Å². The monoisotopic (exact) mass is 288 g/mol. The number of nitrogens with zero attached hydrogens (tertiary/aromatic N) is 2. The molecule has 0 atom stereocenters. The van der Waals surface area contributed by atoms with Gasteiger partial charge in [0.15, 0.2) is 5.82 Å². The number of aromatic nitrogens is 2. The zero-order chi connectivity index (χ0) is 15.1. The van der Waals surface area contributed by atoms with E-state index >= 15 is 0 Å². The average molecular weight is 289 g/mol. The Bertz CT molecular complexity index is 601. The highest BCUT2D eigenvalue weighted by molar-refractivity contribution is 6.31. The molecule has 0 aliphatic carbocycles. The quantitative estimate of drug-likeness (QED) is 0.646. The van der Waals surface area contributed by atoms with Crippen LogP contribution >= 0.6 is 11.6 Å². The first kappa shape index (κ1) is 15.9. The lowest BCUT2D eigenvalue weighted by molar-refractivity contribution is 0.477. The summed E-state index contributed by atoms with van der Waals surface area (Å²) in [7, 11) is 0. The van der Waals surface area contributed by atoms with Gasteiger partial charge in [0.1, 0.15) is 10.9 Å². The molecule has 1 N–H and O–H groups in total. The molecular weight excluding hydrogens is 272 g/mol. The zero-order valence-corrected chi connectivity index (χ0v) is 12.4. The van der Waals surface area contributed by atoms with Crippen molar-refractivity contribution >= 4 is 17.7 Å². The molecule has 0 radical (unpaired) electrons. The van der Waals surface area contributed by atoms with Gasteiger partial charge in [-0.05, 0) is 26.0 Å². The smallest absolute Gasteiger partial charge is 0.164 e. The molecule has 2 rings (SSSR count). The number of phenols is 1. The molecule has 104 valence electrons. The third kappa shape index (κ3) is 3.68. The third-order valence-electron chi connectivity index (χ3n) is 2.44.